The van der Waals surface area contributed by atoms with Gasteiger partial charge in [-0.15, -0.1) is 6.42 Å². The fraction of sp³-hybridized carbons (Fsp3) is 0.100. The van der Waals surface area contributed by atoms with Gasteiger partial charge in [-0.3, -0.25) is 4.79 Å². The van der Waals surface area contributed by atoms with Crippen molar-refractivity contribution in [3.05, 3.63) is 32.7 Å². The maximum absolute atomic E-state index is 11.4. The fourth-order valence-corrected chi connectivity index (χ4v) is 1.73. The van der Waals surface area contributed by atoms with Crippen molar-refractivity contribution in [2.75, 3.05) is 0 Å². The average molecular weight is 302 g/mol. The third kappa shape index (κ3) is 2.68. The number of carbonyl (C=O) groups is 1. The van der Waals surface area contributed by atoms with E-state index in [1.807, 2.05) is 12.1 Å². The van der Waals surface area contributed by atoms with Crippen molar-refractivity contribution in [2.45, 2.75) is 6.42 Å². The summed E-state index contributed by atoms with van der Waals surface area (Å²) in [6.45, 7) is 0. The predicted molar refractivity (Wildman–Crippen MR) is 59.6 cm³/mol. The number of terminal acetylenes is 1. The molecule has 0 saturated heterocycles. The number of ketones is 1. The third-order valence-corrected chi connectivity index (χ3v) is 2.68. The van der Waals surface area contributed by atoms with E-state index in [9.17, 15) is 4.79 Å². The topological polar surface area (TPSA) is 17.1 Å². The summed E-state index contributed by atoms with van der Waals surface area (Å²) in [5.41, 5.74) is 0.618. The van der Waals surface area contributed by atoms with Gasteiger partial charge in [0.2, 0.25) is 0 Å². The zero-order valence-electron chi connectivity index (χ0n) is 6.68. The average Bonchev–Trinajstić information content (AvgIpc) is 2.09. The SMILES string of the molecule is C#CCC(=O)c1cc(Br)ccc1Br. The van der Waals surface area contributed by atoms with E-state index in [1.54, 1.807) is 6.07 Å². The Bertz CT molecular complexity index is 377. The van der Waals surface area contributed by atoms with E-state index in [-0.39, 0.29) is 12.2 Å². The van der Waals surface area contributed by atoms with Crippen LogP contribution in [0.1, 0.15) is 16.8 Å². The van der Waals surface area contributed by atoms with E-state index in [1.165, 1.54) is 0 Å². The monoisotopic (exact) mass is 300 g/mol. The van der Waals surface area contributed by atoms with Gasteiger partial charge in [0.15, 0.2) is 5.78 Å². The van der Waals surface area contributed by atoms with Crippen LogP contribution in [0.2, 0.25) is 0 Å². The van der Waals surface area contributed by atoms with E-state index in [4.69, 9.17) is 6.42 Å². The number of halogens is 2. The predicted octanol–water partition coefficient (Wildman–Crippen LogP) is 3.42. The van der Waals surface area contributed by atoms with Crippen LogP contribution in [-0.4, -0.2) is 5.78 Å². The van der Waals surface area contributed by atoms with E-state index >= 15 is 0 Å². The van der Waals surface area contributed by atoms with Gasteiger partial charge in [-0.05, 0) is 18.2 Å². The molecule has 0 aliphatic carbocycles. The smallest absolute Gasteiger partial charge is 0.175 e. The van der Waals surface area contributed by atoms with Crippen LogP contribution >= 0.6 is 31.9 Å². The van der Waals surface area contributed by atoms with Crippen molar-refractivity contribution in [3.63, 3.8) is 0 Å². The van der Waals surface area contributed by atoms with Gasteiger partial charge < -0.3 is 0 Å². The minimum atomic E-state index is -0.0457. The van der Waals surface area contributed by atoms with E-state index < -0.39 is 0 Å². The molecule has 0 heterocycles. The lowest BCUT2D eigenvalue weighted by Gasteiger charge is -2.01. The van der Waals surface area contributed by atoms with E-state index in [0.717, 1.165) is 8.95 Å². The van der Waals surface area contributed by atoms with Crippen LogP contribution in [0.5, 0.6) is 0 Å². The Morgan fingerprint density at radius 3 is 2.77 bits per heavy atom. The van der Waals surface area contributed by atoms with Crippen molar-refractivity contribution in [1.29, 1.82) is 0 Å². The minimum Gasteiger partial charge on any atom is -0.293 e. The molecule has 1 aromatic carbocycles. The summed E-state index contributed by atoms with van der Waals surface area (Å²) in [7, 11) is 0. The molecule has 0 aromatic heterocycles. The summed E-state index contributed by atoms with van der Waals surface area (Å²) < 4.78 is 1.65. The molecular weight excluding hydrogens is 296 g/mol. The van der Waals surface area contributed by atoms with Crippen molar-refractivity contribution < 1.29 is 4.79 Å². The lowest BCUT2D eigenvalue weighted by atomic mass is 10.1. The first-order chi connectivity index (χ1) is 6.15. The van der Waals surface area contributed by atoms with Gasteiger partial charge in [-0.2, -0.15) is 0 Å². The molecule has 0 aliphatic rings. The van der Waals surface area contributed by atoms with Gasteiger partial charge in [-0.1, -0.05) is 37.8 Å². The highest BCUT2D eigenvalue weighted by Gasteiger charge is 2.08. The summed E-state index contributed by atoms with van der Waals surface area (Å²) in [5.74, 6) is 2.28. The number of carbonyl (C=O) groups excluding carboxylic acids is 1. The van der Waals surface area contributed by atoms with Crippen molar-refractivity contribution in [3.8, 4) is 12.3 Å². The van der Waals surface area contributed by atoms with Crippen LogP contribution in [0.3, 0.4) is 0 Å². The van der Waals surface area contributed by atoms with Gasteiger partial charge in [0.1, 0.15) is 0 Å². The van der Waals surface area contributed by atoms with E-state index in [0.29, 0.717) is 5.56 Å². The van der Waals surface area contributed by atoms with Gasteiger partial charge in [0.05, 0.1) is 6.42 Å². The summed E-state index contributed by atoms with van der Waals surface area (Å²) in [4.78, 5) is 11.4. The standard InChI is InChI=1S/C10H6Br2O/c1-2-3-10(13)8-6-7(11)4-5-9(8)12/h1,4-6H,3H2. The lowest BCUT2D eigenvalue weighted by molar-refractivity contribution is 0.0997. The Labute approximate surface area is 93.8 Å². The molecule has 0 unspecified atom stereocenters. The Morgan fingerprint density at radius 2 is 2.15 bits per heavy atom. The zero-order chi connectivity index (χ0) is 9.84. The number of benzene rings is 1. The van der Waals surface area contributed by atoms with Gasteiger partial charge >= 0.3 is 0 Å². The first-order valence-corrected chi connectivity index (χ1v) is 5.15. The number of hydrogen-bond donors (Lipinski definition) is 0. The summed E-state index contributed by atoms with van der Waals surface area (Å²) in [6.07, 6.45) is 5.19. The zero-order valence-corrected chi connectivity index (χ0v) is 9.85. The van der Waals surface area contributed by atoms with E-state index in [2.05, 4.69) is 37.8 Å². The molecule has 0 radical (unpaired) electrons. The molecule has 0 N–H and O–H groups in total. The van der Waals surface area contributed by atoms with Gasteiger partial charge in [0, 0.05) is 14.5 Å². The molecule has 0 spiro atoms. The molecule has 1 rings (SSSR count). The molecule has 13 heavy (non-hydrogen) atoms. The molecule has 0 atom stereocenters. The Balaban J connectivity index is 3.07. The molecule has 0 amide bonds. The number of Topliss-reactive ketones (excluding diaryl/α,β-unsaturated/α-hetero) is 1. The second kappa shape index (κ2) is 4.59. The number of rotatable bonds is 2. The summed E-state index contributed by atoms with van der Waals surface area (Å²) >= 11 is 6.58. The second-order valence-corrected chi connectivity index (χ2v) is 4.20. The fourth-order valence-electron chi connectivity index (χ4n) is 0.899. The van der Waals surface area contributed by atoms with Crippen LogP contribution in [0, 0.1) is 12.3 Å². The van der Waals surface area contributed by atoms with Gasteiger partial charge in [-0.25, -0.2) is 0 Å². The lowest BCUT2D eigenvalue weighted by Crippen LogP contribution is -1.98. The van der Waals surface area contributed by atoms with Crippen LogP contribution < -0.4 is 0 Å². The normalized spacial score (nSPS) is 9.31. The molecule has 1 aromatic rings. The Hall–Kier alpha value is -0.590. The number of hydrogen-bond acceptors (Lipinski definition) is 1. The van der Waals surface area contributed by atoms with Gasteiger partial charge in [0.25, 0.3) is 0 Å². The Kier molecular flexibility index (Phi) is 3.71. The molecule has 66 valence electrons. The third-order valence-electron chi connectivity index (χ3n) is 1.49. The molecule has 0 saturated carbocycles. The summed E-state index contributed by atoms with van der Waals surface area (Å²) in [6, 6.07) is 5.42. The van der Waals surface area contributed by atoms with Crippen LogP contribution in [0.15, 0.2) is 27.1 Å². The highest BCUT2D eigenvalue weighted by Crippen LogP contribution is 2.22. The summed E-state index contributed by atoms with van der Waals surface area (Å²) in [5, 5.41) is 0. The molecule has 0 aliphatic heterocycles. The van der Waals surface area contributed by atoms with Crippen LogP contribution in [0.25, 0.3) is 0 Å². The largest absolute Gasteiger partial charge is 0.293 e. The van der Waals surface area contributed by atoms with Crippen LogP contribution in [-0.2, 0) is 0 Å². The first kappa shape index (κ1) is 10.5. The maximum atomic E-state index is 11.4. The van der Waals surface area contributed by atoms with Crippen molar-refractivity contribution in [2.24, 2.45) is 0 Å². The van der Waals surface area contributed by atoms with Crippen molar-refractivity contribution in [1.82, 2.24) is 0 Å². The second-order valence-electron chi connectivity index (χ2n) is 2.43. The highest BCUT2D eigenvalue weighted by atomic mass is 79.9. The quantitative estimate of drug-likeness (QED) is 0.604. The maximum Gasteiger partial charge on any atom is 0.175 e. The molecule has 3 heteroatoms. The highest BCUT2D eigenvalue weighted by molar-refractivity contribution is 9.11. The Morgan fingerprint density at radius 1 is 1.46 bits per heavy atom. The molecule has 0 fully saturated rings. The first-order valence-electron chi connectivity index (χ1n) is 3.57. The molecule has 1 nitrogen and oxygen atoms in total. The van der Waals surface area contributed by atoms with Crippen molar-refractivity contribution >= 4 is 37.6 Å². The van der Waals surface area contributed by atoms with Crippen LogP contribution in [0.4, 0.5) is 0 Å². The molecular formula is C10H6Br2O. The minimum absolute atomic E-state index is 0.0457. The molecule has 0 bridgehead atoms.